The van der Waals surface area contributed by atoms with Gasteiger partial charge in [-0.3, -0.25) is 0 Å². The summed E-state index contributed by atoms with van der Waals surface area (Å²) in [7, 11) is 0. The molecule has 0 unspecified atom stereocenters. The lowest BCUT2D eigenvalue weighted by Crippen LogP contribution is -2.41. The number of aliphatic hydroxyl groups excluding tert-OH is 2. The number of anilines is 2. The van der Waals surface area contributed by atoms with Crippen LogP contribution in [0.1, 0.15) is 5.56 Å². The molecule has 13 heteroatoms. The standard InChI is InChI=1S/C27H27ClF3N3O6/c28-19-5-4-6-22(14-19)34(40-25(37)27(29,30)31)26(38)33-20-11-9-18(10-12-20)13-21(16-35)32-15-23(36)17-39-24-7-2-1-3-8-24/h1-12,14,21,23,32,35-36H,13,15-17H2,(H,33,38)/t21-,23-/m0/s1. The SMILES string of the molecule is O=C(Nc1ccc(C[C@@H](CO)NC[C@H](O)COc2ccccc2)cc1)N(OC(=O)C(F)(F)F)c1cccc(Cl)c1. The van der Waals surface area contributed by atoms with Crippen molar-refractivity contribution in [2.24, 2.45) is 0 Å². The Morgan fingerprint density at radius 1 is 1.00 bits per heavy atom. The fourth-order valence-electron chi connectivity index (χ4n) is 3.40. The van der Waals surface area contributed by atoms with E-state index >= 15 is 0 Å². The summed E-state index contributed by atoms with van der Waals surface area (Å²) in [6.45, 7) is 0.0140. The van der Waals surface area contributed by atoms with Gasteiger partial charge in [-0.2, -0.15) is 13.2 Å². The third-order valence-corrected chi connectivity index (χ3v) is 5.60. The Balaban J connectivity index is 1.56. The lowest BCUT2D eigenvalue weighted by atomic mass is 10.1. The molecule has 0 radical (unpaired) electrons. The number of nitrogens with one attached hydrogen (secondary N) is 2. The van der Waals surface area contributed by atoms with E-state index < -0.39 is 30.3 Å². The minimum absolute atomic E-state index is 0.0635. The van der Waals surface area contributed by atoms with Gasteiger partial charge in [0.2, 0.25) is 0 Å². The highest BCUT2D eigenvalue weighted by Crippen LogP contribution is 2.24. The zero-order valence-electron chi connectivity index (χ0n) is 21.0. The summed E-state index contributed by atoms with van der Waals surface area (Å²) in [5.41, 5.74) is 0.757. The maximum absolute atomic E-state index is 12.8. The van der Waals surface area contributed by atoms with Crippen molar-refractivity contribution in [1.82, 2.24) is 5.32 Å². The number of rotatable bonds is 11. The summed E-state index contributed by atoms with van der Waals surface area (Å²) in [4.78, 5) is 28.5. The average molecular weight is 582 g/mol. The molecule has 0 aliphatic heterocycles. The number of halogens is 4. The Kier molecular flexibility index (Phi) is 11.1. The van der Waals surface area contributed by atoms with Gasteiger partial charge in [0.15, 0.2) is 0 Å². The lowest BCUT2D eigenvalue weighted by Gasteiger charge is -2.22. The fraction of sp³-hybridized carbons (Fsp3) is 0.259. The Morgan fingerprint density at radius 2 is 1.70 bits per heavy atom. The smallest absolute Gasteiger partial charge is 0.491 e. The molecular weight excluding hydrogens is 555 g/mol. The lowest BCUT2D eigenvalue weighted by molar-refractivity contribution is -0.199. The maximum Gasteiger partial charge on any atom is 0.493 e. The Labute approximate surface area is 233 Å². The molecule has 0 bridgehead atoms. The average Bonchev–Trinajstić information content (AvgIpc) is 2.93. The summed E-state index contributed by atoms with van der Waals surface area (Å²) in [5.74, 6) is -1.96. The van der Waals surface area contributed by atoms with E-state index in [4.69, 9.17) is 16.3 Å². The second kappa shape index (κ2) is 14.5. The van der Waals surface area contributed by atoms with Crippen LogP contribution in [0.3, 0.4) is 0 Å². The van der Waals surface area contributed by atoms with E-state index in [1.54, 1.807) is 24.3 Å². The first-order chi connectivity index (χ1) is 19.0. The van der Waals surface area contributed by atoms with Crippen molar-refractivity contribution in [2.45, 2.75) is 24.7 Å². The van der Waals surface area contributed by atoms with E-state index in [9.17, 15) is 33.0 Å². The quantitative estimate of drug-likeness (QED) is 0.249. The molecule has 0 saturated heterocycles. The minimum Gasteiger partial charge on any atom is -0.491 e. The number of benzene rings is 3. The van der Waals surface area contributed by atoms with E-state index in [0.717, 1.165) is 11.6 Å². The van der Waals surface area contributed by atoms with Crippen molar-refractivity contribution >= 4 is 35.0 Å². The Hall–Kier alpha value is -3.84. The molecule has 214 valence electrons. The molecule has 0 fully saturated rings. The molecule has 4 N–H and O–H groups in total. The van der Waals surface area contributed by atoms with Crippen molar-refractivity contribution in [1.29, 1.82) is 0 Å². The van der Waals surface area contributed by atoms with Gasteiger partial charge in [-0.15, -0.1) is 5.06 Å². The topological polar surface area (TPSA) is 120 Å². The number of hydrogen-bond acceptors (Lipinski definition) is 7. The maximum atomic E-state index is 12.8. The van der Waals surface area contributed by atoms with Crippen LogP contribution in [0.2, 0.25) is 5.02 Å². The van der Waals surface area contributed by atoms with Gasteiger partial charge in [0.1, 0.15) is 18.5 Å². The normalized spacial score (nSPS) is 12.8. The molecule has 3 aromatic rings. The van der Waals surface area contributed by atoms with E-state index in [1.807, 2.05) is 18.2 Å². The first-order valence-corrected chi connectivity index (χ1v) is 12.4. The highest BCUT2D eigenvalue weighted by Gasteiger charge is 2.43. The highest BCUT2D eigenvalue weighted by molar-refractivity contribution is 6.31. The van der Waals surface area contributed by atoms with Crippen molar-refractivity contribution < 1.29 is 42.5 Å². The number of hydrogen-bond donors (Lipinski definition) is 4. The summed E-state index contributed by atoms with van der Waals surface area (Å²) >= 11 is 5.87. The predicted molar refractivity (Wildman–Crippen MR) is 142 cm³/mol. The number of amides is 2. The van der Waals surface area contributed by atoms with Gasteiger partial charge < -0.3 is 30.4 Å². The van der Waals surface area contributed by atoms with Crippen LogP contribution in [0.15, 0.2) is 78.9 Å². The van der Waals surface area contributed by atoms with Gasteiger partial charge in [-0.05, 0) is 54.4 Å². The molecule has 0 saturated carbocycles. The number of aliphatic hydroxyl groups is 2. The molecule has 3 rings (SSSR count). The van der Waals surface area contributed by atoms with Gasteiger partial charge in [0.25, 0.3) is 0 Å². The van der Waals surface area contributed by atoms with Crippen LogP contribution in [0, 0.1) is 0 Å². The van der Waals surface area contributed by atoms with Crippen LogP contribution in [0.4, 0.5) is 29.3 Å². The third-order valence-electron chi connectivity index (χ3n) is 5.37. The van der Waals surface area contributed by atoms with Crippen molar-refractivity contribution in [3.05, 3.63) is 89.4 Å². The molecule has 0 aliphatic carbocycles. The third kappa shape index (κ3) is 9.72. The Morgan fingerprint density at radius 3 is 2.33 bits per heavy atom. The minimum atomic E-state index is -5.33. The van der Waals surface area contributed by atoms with Gasteiger partial charge in [0.05, 0.1) is 12.3 Å². The highest BCUT2D eigenvalue weighted by atomic mass is 35.5. The first-order valence-electron chi connectivity index (χ1n) is 12.0. The van der Waals surface area contributed by atoms with E-state index in [2.05, 4.69) is 15.5 Å². The summed E-state index contributed by atoms with van der Waals surface area (Å²) < 4.78 is 43.8. The zero-order chi connectivity index (χ0) is 29.1. The molecule has 9 nitrogen and oxygen atoms in total. The number of carbonyl (C=O) groups excluding carboxylic acids is 2. The number of nitrogens with zero attached hydrogens (tertiary/aromatic N) is 1. The number of para-hydroxylation sites is 1. The van der Waals surface area contributed by atoms with Crippen molar-refractivity contribution in [3.63, 3.8) is 0 Å². The van der Waals surface area contributed by atoms with Crippen LogP contribution in [0.5, 0.6) is 5.75 Å². The van der Waals surface area contributed by atoms with Gasteiger partial charge >= 0.3 is 18.2 Å². The number of alkyl halides is 3. The number of ether oxygens (including phenoxy) is 1. The predicted octanol–water partition coefficient (Wildman–Crippen LogP) is 4.33. The molecule has 0 aromatic heterocycles. The van der Waals surface area contributed by atoms with E-state index in [-0.39, 0.29) is 41.2 Å². The van der Waals surface area contributed by atoms with Crippen molar-refractivity contribution in [3.8, 4) is 5.75 Å². The van der Waals surface area contributed by atoms with Crippen LogP contribution in [-0.2, 0) is 16.1 Å². The zero-order valence-corrected chi connectivity index (χ0v) is 21.7. The second-order valence-electron chi connectivity index (χ2n) is 8.55. The fourth-order valence-corrected chi connectivity index (χ4v) is 3.59. The summed E-state index contributed by atoms with van der Waals surface area (Å²) in [6, 6.07) is 18.9. The largest absolute Gasteiger partial charge is 0.493 e. The van der Waals surface area contributed by atoms with Crippen LogP contribution in [-0.4, -0.2) is 60.3 Å². The van der Waals surface area contributed by atoms with Gasteiger partial charge in [-0.25, -0.2) is 9.59 Å². The van der Waals surface area contributed by atoms with Crippen LogP contribution < -0.4 is 20.4 Å². The molecule has 40 heavy (non-hydrogen) atoms. The second-order valence-corrected chi connectivity index (χ2v) is 8.98. The van der Waals surface area contributed by atoms with Gasteiger partial charge in [0, 0.05) is 23.3 Å². The molecule has 3 aromatic carbocycles. The van der Waals surface area contributed by atoms with Crippen LogP contribution >= 0.6 is 11.6 Å². The van der Waals surface area contributed by atoms with E-state index in [0.29, 0.717) is 12.2 Å². The van der Waals surface area contributed by atoms with Gasteiger partial charge in [-0.1, -0.05) is 48.0 Å². The number of urea groups is 1. The molecule has 2 atom stereocenters. The Bertz CT molecular complexity index is 1250. The number of hydroxylamine groups is 1. The summed E-state index contributed by atoms with van der Waals surface area (Å²) in [5, 5.41) is 25.6. The number of carbonyl (C=O) groups is 2. The molecule has 0 spiro atoms. The van der Waals surface area contributed by atoms with E-state index in [1.165, 1.54) is 30.3 Å². The first kappa shape index (κ1) is 30.7. The molecule has 2 amide bonds. The molecule has 0 aliphatic rings. The molecular formula is C27H27ClF3N3O6. The van der Waals surface area contributed by atoms with Crippen molar-refractivity contribution in [2.75, 3.05) is 30.1 Å². The monoisotopic (exact) mass is 581 g/mol. The summed E-state index contributed by atoms with van der Waals surface area (Å²) in [6.07, 6.45) is -5.78. The molecule has 0 heterocycles. The van der Waals surface area contributed by atoms with Crippen LogP contribution in [0.25, 0.3) is 0 Å².